The van der Waals surface area contributed by atoms with Crippen LogP contribution in [0.5, 0.6) is 0 Å². The highest BCUT2D eigenvalue weighted by Gasteiger charge is 2.15. The van der Waals surface area contributed by atoms with Gasteiger partial charge in [-0.25, -0.2) is 4.98 Å². The fourth-order valence-electron chi connectivity index (χ4n) is 1.85. The Kier molecular flexibility index (Phi) is 3.16. The number of nitrogens with zero attached hydrogens (tertiary/aromatic N) is 2. The SMILES string of the molecule is OCc1cncn1CC1CCOCC1. The van der Waals surface area contributed by atoms with Gasteiger partial charge in [-0.3, -0.25) is 0 Å². The largest absolute Gasteiger partial charge is 0.390 e. The highest BCUT2D eigenvalue weighted by molar-refractivity contribution is 4.96. The summed E-state index contributed by atoms with van der Waals surface area (Å²) in [6.07, 6.45) is 5.74. The molecule has 0 unspecified atom stereocenters. The molecular formula is C10H16N2O2. The van der Waals surface area contributed by atoms with Crippen molar-refractivity contribution in [1.29, 1.82) is 0 Å². The summed E-state index contributed by atoms with van der Waals surface area (Å²) in [7, 11) is 0. The molecule has 4 heteroatoms. The van der Waals surface area contributed by atoms with Crippen LogP contribution in [0.25, 0.3) is 0 Å². The highest BCUT2D eigenvalue weighted by atomic mass is 16.5. The second-order valence-electron chi connectivity index (χ2n) is 3.75. The summed E-state index contributed by atoms with van der Waals surface area (Å²) >= 11 is 0. The van der Waals surface area contributed by atoms with E-state index in [2.05, 4.69) is 4.98 Å². The van der Waals surface area contributed by atoms with Crippen molar-refractivity contribution in [3.05, 3.63) is 18.2 Å². The maximum absolute atomic E-state index is 9.05. The smallest absolute Gasteiger partial charge is 0.0948 e. The Labute approximate surface area is 83.5 Å². The first-order valence-electron chi connectivity index (χ1n) is 5.07. The Hall–Kier alpha value is -0.870. The van der Waals surface area contributed by atoms with Crippen LogP contribution in [0.3, 0.4) is 0 Å². The van der Waals surface area contributed by atoms with Crippen molar-refractivity contribution >= 4 is 0 Å². The second kappa shape index (κ2) is 4.57. The van der Waals surface area contributed by atoms with Gasteiger partial charge < -0.3 is 14.4 Å². The summed E-state index contributed by atoms with van der Waals surface area (Å²) in [5.74, 6) is 0.670. The zero-order chi connectivity index (χ0) is 9.80. The summed E-state index contributed by atoms with van der Waals surface area (Å²) in [5, 5.41) is 9.05. The monoisotopic (exact) mass is 196 g/mol. The van der Waals surface area contributed by atoms with E-state index in [1.54, 1.807) is 12.5 Å². The van der Waals surface area contributed by atoms with Gasteiger partial charge in [-0.15, -0.1) is 0 Å². The highest BCUT2D eigenvalue weighted by Crippen LogP contribution is 2.17. The van der Waals surface area contributed by atoms with Gasteiger partial charge in [0.2, 0.25) is 0 Å². The van der Waals surface area contributed by atoms with Gasteiger partial charge in [-0.1, -0.05) is 0 Å². The molecule has 2 heterocycles. The number of aliphatic hydroxyl groups is 1. The predicted molar refractivity (Wildman–Crippen MR) is 51.7 cm³/mol. The number of ether oxygens (including phenoxy) is 1. The van der Waals surface area contributed by atoms with Crippen molar-refractivity contribution in [1.82, 2.24) is 9.55 Å². The summed E-state index contributed by atoms with van der Waals surface area (Å²) < 4.78 is 7.34. The summed E-state index contributed by atoms with van der Waals surface area (Å²) in [4.78, 5) is 4.03. The lowest BCUT2D eigenvalue weighted by Crippen LogP contribution is -2.20. The molecule has 1 fully saturated rings. The molecule has 1 aliphatic rings. The fraction of sp³-hybridized carbons (Fsp3) is 0.700. The Bertz CT molecular complexity index is 279. The zero-order valence-electron chi connectivity index (χ0n) is 8.22. The number of hydrogen-bond acceptors (Lipinski definition) is 3. The number of imidazole rings is 1. The minimum Gasteiger partial charge on any atom is -0.390 e. The Morgan fingerprint density at radius 1 is 1.50 bits per heavy atom. The molecule has 0 aromatic carbocycles. The van der Waals surface area contributed by atoms with E-state index in [0.717, 1.165) is 38.3 Å². The first-order chi connectivity index (χ1) is 6.90. The minimum atomic E-state index is 0.0726. The van der Waals surface area contributed by atoms with Gasteiger partial charge in [0, 0.05) is 19.8 Å². The molecule has 1 aliphatic heterocycles. The van der Waals surface area contributed by atoms with Crippen molar-refractivity contribution in [2.45, 2.75) is 26.0 Å². The number of aliphatic hydroxyl groups excluding tert-OH is 1. The Morgan fingerprint density at radius 2 is 2.29 bits per heavy atom. The molecule has 0 bridgehead atoms. The third-order valence-electron chi connectivity index (χ3n) is 2.76. The van der Waals surface area contributed by atoms with Crippen molar-refractivity contribution in [3.8, 4) is 0 Å². The third kappa shape index (κ3) is 2.13. The summed E-state index contributed by atoms with van der Waals surface area (Å²) in [6, 6.07) is 0. The van der Waals surface area contributed by atoms with Crippen LogP contribution in [-0.4, -0.2) is 27.9 Å². The van der Waals surface area contributed by atoms with E-state index in [9.17, 15) is 0 Å². The van der Waals surface area contributed by atoms with E-state index >= 15 is 0 Å². The van der Waals surface area contributed by atoms with Crippen molar-refractivity contribution in [2.75, 3.05) is 13.2 Å². The molecular weight excluding hydrogens is 180 g/mol. The quantitative estimate of drug-likeness (QED) is 0.778. The van der Waals surface area contributed by atoms with E-state index in [-0.39, 0.29) is 6.61 Å². The van der Waals surface area contributed by atoms with Gasteiger partial charge in [-0.2, -0.15) is 0 Å². The van der Waals surface area contributed by atoms with Crippen molar-refractivity contribution < 1.29 is 9.84 Å². The molecule has 0 atom stereocenters. The Morgan fingerprint density at radius 3 is 3.00 bits per heavy atom. The molecule has 14 heavy (non-hydrogen) atoms. The molecule has 2 rings (SSSR count). The van der Waals surface area contributed by atoms with Crippen molar-refractivity contribution in [2.24, 2.45) is 5.92 Å². The lowest BCUT2D eigenvalue weighted by atomic mass is 10.0. The topological polar surface area (TPSA) is 47.3 Å². The standard InChI is InChI=1S/C10H16N2O2/c13-7-10-5-11-8-12(10)6-9-1-3-14-4-2-9/h5,8-9,13H,1-4,6-7H2. The maximum Gasteiger partial charge on any atom is 0.0948 e. The van der Waals surface area contributed by atoms with E-state index < -0.39 is 0 Å². The molecule has 78 valence electrons. The van der Waals surface area contributed by atoms with Crippen LogP contribution >= 0.6 is 0 Å². The molecule has 1 aromatic heterocycles. The fourth-order valence-corrected chi connectivity index (χ4v) is 1.85. The van der Waals surface area contributed by atoms with E-state index in [0.29, 0.717) is 5.92 Å². The van der Waals surface area contributed by atoms with Crippen LogP contribution in [0.15, 0.2) is 12.5 Å². The van der Waals surface area contributed by atoms with Crippen LogP contribution in [0.1, 0.15) is 18.5 Å². The minimum absolute atomic E-state index is 0.0726. The normalized spacial score (nSPS) is 18.6. The van der Waals surface area contributed by atoms with Crippen LogP contribution in [0, 0.1) is 5.92 Å². The molecule has 0 spiro atoms. The number of rotatable bonds is 3. The Balaban J connectivity index is 1.95. The molecule has 0 saturated carbocycles. The van der Waals surface area contributed by atoms with Crippen LogP contribution in [0.2, 0.25) is 0 Å². The second-order valence-corrected chi connectivity index (χ2v) is 3.75. The molecule has 1 saturated heterocycles. The van der Waals surface area contributed by atoms with Gasteiger partial charge in [0.1, 0.15) is 0 Å². The lowest BCUT2D eigenvalue weighted by Gasteiger charge is -2.22. The van der Waals surface area contributed by atoms with Gasteiger partial charge in [0.15, 0.2) is 0 Å². The van der Waals surface area contributed by atoms with Crippen LogP contribution in [-0.2, 0) is 17.9 Å². The summed E-state index contributed by atoms with van der Waals surface area (Å²) in [6.45, 7) is 2.77. The maximum atomic E-state index is 9.05. The molecule has 1 N–H and O–H groups in total. The van der Waals surface area contributed by atoms with Gasteiger partial charge in [0.05, 0.1) is 24.8 Å². The van der Waals surface area contributed by atoms with Gasteiger partial charge >= 0.3 is 0 Å². The molecule has 0 aliphatic carbocycles. The summed E-state index contributed by atoms with van der Waals surface area (Å²) in [5.41, 5.74) is 0.900. The number of aromatic nitrogens is 2. The molecule has 0 radical (unpaired) electrons. The zero-order valence-corrected chi connectivity index (χ0v) is 8.22. The average molecular weight is 196 g/mol. The molecule has 1 aromatic rings. The van der Waals surface area contributed by atoms with Gasteiger partial charge in [-0.05, 0) is 18.8 Å². The predicted octanol–water partition coefficient (Wildman–Crippen LogP) is 0.802. The molecule has 4 nitrogen and oxygen atoms in total. The van der Waals surface area contributed by atoms with Gasteiger partial charge in [0.25, 0.3) is 0 Å². The van der Waals surface area contributed by atoms with E-state index in [4.69, 9.17) is 9.84 Å². The van der Waals surface area contributed by atoms with Crippen LogP contribution < -0.4 is 0 Å². The number of hydrogen-bond donors (Lipinski definition) is 1. The van der Waals surface area contributed by atoms with Crippen LogP contribution in [0.4, 0.5) is 0 Å². The first kappa shape index (κ1) is 9.68. The van der Waals surface area contributed by atoms with Crippen molar-refractivity contribution in [3.63, 3.8) is 0 Å². The third-order valence-corrected chi connectivity index (χ3v) is 2.76. The first-order valence-corrected chi connectivity index (χ1v) is 5.07. The average Bonchev–Trinajstić information content (AvgIpc) is 2.67. The van der Waals surface area contributed by atoms with E-state index in [1.165, 1.54) is 0 Å². The molecule has 0 amide bonds. The van der Waals surface area contributed by atoms with E-state index in [1.807, 2.05) is 4.57 Å². The lowest BCUT2D eigenvalue weighted by molar-refractivity contribution is 0.0607.